The lowest BCUT2D eigenvalue weighted by molar-refractivity contribution is -0.116. The summed E-state index contributed by atoms with van der Waals surface area (Å²) in [5.41, 5.74) is 2.76. The number of hydrogen-bond donors (Lipinski definition) is 2. The summed E-state index contributed by atoms with van der Waals surface area (Å²) in [6.07, 6.45) is 3.98. The molecule has 0 amide bonds. The van der Waals surface area contributed by atoms with Crippen molar-refractivity contribution in [1.29, 1.82) is 0 Å². The summed E-state index contributed by atoms with van der Waals surface area (Å²) in [6.45, 7) is 0. The highest BCUT2D eigenvalue weighted by Crippen LogP contribution is 2.43. The van der Waals surface area contributed by atoms with Crippen LogP contribution in [-0.4, -0.2) is 29.1 Å². The molecular weight excluding hydrogens is 350 g/mol. The van der Waals surface area contributed by atoms with Crippen molar-refractivity contribution in [3.8, 4) is 5.75 Å². The summed E-state index contributed by atoms with van der Waals surface area (Å²) in [5, 5.41) is 3.81. The largest absolute Gasteiger partial charge is 0.497 e. The number of Topliss-reactive ketones (excluding diaryl/α,β-unsaturated/α-hetero) is 1. The van der Waals surface area contributed by atoms with Gasteiger partial charge in [0, 0.05) is 23.6 Å². The maximum atomic E-state index is 12.8. The van der Waals surface area contributed by atoms with E-state index in [4.69, 9.17) is 4.74 Å². The molecule has 1 aliphatic carbocycles. The summed E-state index contributed by atoms with van der Waals surface area (Å²) >= 11 is 1.38. The maximum Gasteiger partial charge on any atom is 0.257 e. The Hall–Kier alpha value is -2.54. The van der Waals surface area contributed by atoms with Crippen LogP contribution in [0.5, 0.6) is 5.75 Å². The number of ketones is 1. The molecule has 0 unspecified atom stereocenters. The van der Waals surface area contributed by atoms with Crippen LogP contribution in [0.25, 0.3) is 0 Å². The van der Waals surface area contributed by atoms with Gasteiger partial charge in [-0.2, -0.15) is 0 Å². The Labute approximate surface area is 155 Å². The minimum absolute atomic E-state index is 0.0959. The third-order valence-electron chi connectivity index (χ3n) is 4.88. The molecule has 7 heteroatoms. The number of aromatic amines is 1. The van der Waals surface area contributed by atoms with E-state index in [-0.39, 0.29) is 11.3 Å². The highest BCUT2D eigenvalue weighted by molar-refractivity contribution is 7.98. The van der Waals surface area contributed by atoms with Crippen LogP contribution in [0.3, 0.4) is 0 Å². The van der Waals surface area contributed by atoms with Gasteiger partial charge >= 0.3 is 0 Å². The summed E-state index contributed by atoms with van der Waals surface area (Å²) in [7, 11) is 1.61. The van der Waals surface area contributed by atoms with Crippen LogP contribution in [-0.2, 0) is 4.79 Å². The normalized spacial score (nSPS) is 18.8. The molecule has 6 nitrogen and oxygen atoms in total. The van der Waals surface area contributed by atoms with E-state index in [1.807, 2.05) is 30.5 Å². The number of anilines is 1. The molecule has 134 valence electrons. The molecule has 0 fully saturated rings. The van der Waals surface area contributed by atoms with Gasteiger partial charge in [0.05, 0.1) is 12.7 Å². The molecular formula is C19H19N3O3S. The minimum atomic E-state index is -0.410. The Kier molecular flexibility index (Phi) is 4.32. The number of carbonyl (C=O) groups excluding carboxylic acids is 1. The highest BCUT2D eigenvalue weighted by atomic mass is 32.2. The molecule has 2 N–H and O–H groups in total. The van der Waals surface area contributed by atoms with Crippen molar-refractivity contribution in [2.45, 2.75) is 30.3 Å². The first kappa shape index (κ1) is 16.9. The van der Waals surface area contributed by atoms with Crippen LogP contribution in [0, 0.1) is 0 Å². The van der Waals surface area contributed by atoms with E-state index in [1.165, 1.54) is 11.8 Å². The number of nitrogens with zero attached hydrogens (tertiary/aromatic N) is 1. The van der Waals surface area contributed by atoms with Gasteiger partial charge in [-0.1, -0.05) is 23.9 Å². The molecule has 26 heavy (non-hydrogen) atoms. The monoisotopic (exact) mass is 369 g/mol. The number of rotatable bonds is 3. The molecule has 0 saturated carbocycles. The Morgan fingerprint density at radius 1 is 1.19 bits per heavy atom. The van der Waals surface area contributed by atoms with Gasteiger partial charge in [-0.05, 0) is 36.8 Å². The number of fused-ring (bicyclic) bond motifs is 1. The van der Waals surface area contributed by atoms with Crippen LogP contribution >= 0.6 is 11.8 Å². The Morgan fingerprint density at radius 3 is 2.65 bits per heavy atom. The fourth-order valence-electron chi connectivity index (χ4n) is 3.67. The molecule has 1 aliphatic heterocycles. The molecule has 1 atom stereocenters. The van der Waals surface area contributed by atoms with Crippen molar-refractivity contribution >= 4 is 23.4 Å². The quantitative estimate of drug-likeness (QED) is 0.639. The van der Waals surface area contributed by atoms with Gasteiger partial charge in [-0.15, -0.1) is 0 Å². The minimum Gasteiger partial charge on any atom is -0.497 e. The predicted molar refractivity (Wildman–Crippen MR) is 101 cm³/mol. The van der Waals surface area contributed by atoms with Gasteiger partial charge in [0.2, 0.25) is 0 Å². The Bertz CT molecular complexity index is 963. The molecule has 0 radical (unpaired) electrons. The van der Waals surface area contributed by atoms with Crippen LogP contribution in [0.15, 0.2) is 45.5 Å². The van der Waals surface area contributed by atoms with Crippen molar-refractivity contribution in [2.75, 3.05) is 18.7 Å². The second kappa shape index (κ2) is 6.64. The fourth-order valence-corrected chi connectivity index (χ4v) is 4.04. The number of allylic oxidation sites excluding steroid dienone is 2. The van der Waals surface area contributed by atoms with Crippen LogP contribution in [0.4, 0.5) is 5.82 Å². The number of aromatic nitrogens is 2. The molecule has 0 bridgehead atoms. The first-order valence-electron chi connectivity index (χ1n) is 8.47. The van der Waals surface area contributed by atoms with Gasteiger partial charge in [0.15, 0.2) is 10.9 Å². The van der Waals surface area contributed by atoms with Gasteiger partial charge in [0.1, 0.15) is 11.6 Å². The average Bonchev–Trinajstić information content (AvgIpc) is 2.66. The summed E-state index contributed by atoms with van der Waals surface area (Å²) in [5.74, 6) is 0.967. The molecule has 1 aromatic heterocycles. The number of nitrogens with one attached hydrogen (secondary N) is 2. The van der Waals surface area contributed by atoms with Gasteiger partial charge in [-0.25, -0.2) is 4.98 Å². The topological polar surface area (TPSA) is 84.1 Å². The van der Waals surface area contributed by atoms with Gasteiger partial charge in [0.25, 0.3) is 5.56 Å². The number of methoxy groups -OCH3 is 1. The molecule has 4 rings (SSSR count). The van der Waals surface area contributed by atoms with Crippen molar-refractivity contribution in [3.05, 3.63) is 57.0 Å². The fraction of sp³-hybridized carbons (Fsp3) is 0.316. The average molecular weight is 369 g/mol. The smallest absolute Gasteiger partial charge is 0.257 e. The molecule has 0 saturated heterocycles. The molecule has 2 aliphatic rings. The summed E-state index contributed by atoms with van der Waals surface area (Å²) < 4.78 is 5.23. The molecule has 1 aromatic carbocycles. The second-order valence-corrected chi connectivity index (χ2v) is 7.13. The number of thioether (sulfide) groups is 1. The van der Waals surface area contributed by atoms with Crippen LogP contribution in [0.1, 0.15) is 36.3 Å². The standard InChI is InChI=1S/C19H19N3O3S/c1-25-11-8-6-10(7-9-11)14-15-12(4-3-5-13(15)23)20-17-16(14)18(24)22-19(21-17)26-2/h6-9,14H,3-5H2,1-2H3,(H2,20,21,22,24)/t14-/m1/s1. The summed E-state index contributed by atoms with van der Waals surface area (Å²) in [4.78, 5) is 32.9. The van der Waals surface area contributed by atoms with E-state index in [0.29, 0.717) is 28.5 Å². The number of H-pyrrole nitrogens is 1. The van der Waals surface area contributed by atoms with E-state index in [2.05, 4.69) is 15.3 Å². The van der Waals surface area contributed by atoms with E-state index in [0.717, 1.165) is 29.9 Å². The molecule has 0 spiro atoms. The highest BCUT2D eigenvalue weighted by Gasteiger charge is 2.37. The van der Waals surface area contributed by atoms with Gasteiger partial charge in [-0.3, -0.25) is 9.59 Å². The Morgan fingerprint density at radius 2 is 1.96 bits per heavy atom. The van der Waals surface area contributed by atoms with Crippen LogP contribution in [0.2, 0.25) is 0 Å². The lowest BCUT2D eigenvalue weighted by Gasteiger charge is -2.32. The van der Waals surface area contributed by atoms with E-state index >= 15 is 0 Å². The zero-order valence-electron chi connectivity index (χ0n) is 14.6. The maximum absolute atomic E-state index is 12.8. The number of benzene rings is 1. The van der Waals surface area contributed by atoms with E-state index in [1.54, 1.807) is 7.11 Å². The Balaban J connectivity index is 1.94. The van der Waals surface area contributed by atoms with Crippen molar-refractivity contribution < 1.29 is 9.53 Å². The lowest BCUT2D eigenvalue weighted by Crippen LogP contribution is -2.32. The number of hydrogen-bond acceptors (Lipinski definition) is 6. The third kappa shape index (κ3) is 2.72. The number of ether oxygens (including phenoxy) is 1. The van der Waals surface area contributed by atoms with Crippen molar-refractivity contribution in [3.63, 3.8) is 0 Å². The predicted octanol–water partition coefficient (Wildman–Crippen LogP) is 3.06. The SMILES string of the molecule is COc1ccc([C@@H]2C3=C(CCCC3=O)Nc3nc(SC)[nH]c(=O)c32)cc1. The second-order valence-electron chi connectivity index (χ2n) is 6.34. The van der Waals surface area contributed by atoms with E-state index in [9.17, 15) is 9.59 Å². The third-order valence-corrected chi connectivity index (χ3v) is 5.46. The molecule has 2 aromatic rings. The first-order valence-corrected chi connectivity index (χ1v) is 9.70. The number of carbonyl (C=O) groups is 1. The lowest BCUT2D eigenvalue weighted by atomic mass is 9.76. The van der Waals surface area contributed by atoms with Crippen LogP contribution < -0.4 is 15.6 Å². The van der Waals surface area contributed by atoms with E-state index < -0.39 is 5.92 Å². The first-order chi connectivity index (χ1) is 12.6. The van der Waals surface area contributed by atoms with Crippen molar-refractivity contribution in [2.24, 2.45) is 0 Å². The van der Waals surface area contributed by atoms with Crippen molar-refractivity contribution in [1.82, 2.24) is 9.97 Å². The molecule has 2 heterocycles. The summed E-state index contributed by atoms with van der Waals surface area (Å²) in [6, 6.07) is 7.52. The van der Waals surface area contributed by atoms with Gasteiger partial charge < -0.3 is 15.0 Å². The zero-order valence-corrected chi connectivity index (χ0v) is 15.4. The zero-order chi connectivity index (χ0) is 18.3.